The number of benzene rings is 1. The van der Waals surface area contributed by atoms with Crippen molar-refractivity contribution >= 4 is 16.7 Å². The number of aromatic nitrogens is 4. The van der Waals surface area contributed by atoms with E-state index in [-0.39, 0.29) is 12.2 Å². The van der Waals surface area contributed by atoms with Crippen LogP contribution in [0.4, 0.5) is 0 Å². The van der Waals surface area contributed by atoms with Crippen LogP contribution in [0.15, 0.2) is 61.2 Å². The summed E-state index contributed by atoms with van der Waals surface area (Å²) in [6, 6.07) is 12.1. The molecule has 0 unspecified atom stereocenters. The molecule has 7 heteroatoms. The summed E-state index contributed by atoms with van der Waals surface area (Å²) in [5, 5.41) is 5.21. The lowest BCUT2D eigenvalue weighted by Crippen LogP contribution is -2.43. The molecule has 3 aromatic heterocycles. The van der Waals surface area contributed by atoms with Gasteiger partial charge in [0.2, 0.25) is 0 Å². The number of nitrogens with zero attached hydrogens (tertiary/aromatic N) is 6. The van der Waals surface area contributed by atoms with Gasteiger partial charge in [0.15, 0.2) is 5.78 Å². The second-order valence-corrected chi connectivity index (χ2v) is 8.87. The normalized spacial score (nSPS) is 15.2. The molecule has 33 heavy (non-hydrogen) atoms. The monoisotopic (exact) mass is 440 g/mol. The second kappa shape index (κ2) is 9.21. The van der Waals surface area contributed by atoms with Crippen molar-refractivity contribution in [3.8, 4) is 11.1 Å². The van der Waals surface area contributed by atoms with Gasteiger partial charge in [0, 0.05) is 79.9 Å². The first-order valence-corrected chi connectivity index (χ1v) is 11.3. The Morgan fingerprint density at radius 2 is 1.79 bits per heavy atom. The van der Waals surface area contributed by atoms with Gasteiger partial charge in [-0.15, -0.1) is 0 Å². The number of ketones is 1. The van der Waals surface area contributed by atoms with E-state index in [1.54, 1.807) is 10.9 Å². The molecule has 1 saturated heterocycles. The molecule has 7 nitrogen and oxygen atoms in total. The zero-order chi connectivity index (χ0) is 22.8. The van der Waals surface area contributed by atoms with Crippen molar-refractivity contribution in [2.24, 2.45) is 7.05 Å². The molecule has 4 aromatic rings. The number of hydrogen-bond acceptors (Lipinski definition) is 6. The smallest absolute Gasteiger partial charge is 0.168 e. The van der Waals surface area contributed by atoms with Gasteiger partial charge in [0.1, 0.15) is 0 Å². The molecule has 1 aromatic carbocycles. The van der Waals surface area contributed by atoms with Crippen molar-refractivity contribution < 1.29 is 4.79 Å². The first-order chi connectivity index (χ1) is 16.0. The van der Waals surface area contributed by atoms with Gasteiger partial charge >= 0.3 is 0 Å². The highest BCUT2D eigenvalue weighted by Crippen LogP contribution is 2.23. The first kappa shape index (κ1) is 21.4. The summed E-state index contributed by atoms with van der Waals surface area (Å²) in [4.78, 5) is 26.9. The second-order valence-electron chi connectivity index (χ2n) is 8.87. The predicted molar refractivity (Wildman–Crippen MR) is 129 cm³/mol. The zero-order valence-corrected chi connectivity index (χ0v) is 19.1. The van der Waals surface area contributed by atoms with Crippen LogP contribution in [0.2, 0.25) is 0 Å². The molecule has 0 radical (unpaired) electrons. The van der Waals surface area contributed by atoms with E-state index in [9.17, 15) is 4.79 Å². The molecule has 0 saturated carbocycles. The molecule has 1 aliphatic heterocycles. The van der Waals surface area contributed by atoms with Gasteiger partial charge in [-0.2, -0.15) is 5.10 Å². The van der Waals surface area contributed by atoms with E-state index in [0.29, 0.717) is 0 Å². The Bertz CT molecular complexity index is 1290. The quantitative estimate of drug-likeness (QED) is 0.429. The average molecular weight is 441 g/mol. The first-order valence-electron chi connectivity index (χ1n) is 11.3. The molecule has 0 aliphatic carbocycles. The summed E-state index contributed by atoms with van der Waals surface area (Å²) in [6.45, 7) is 5.18. The van der Waals surface area contributed by atoms with Gasteiger partial charge in [0.25, 0.3) is 0 Å². The number of carbonyl (C=O) groups excluding carboxylic acids is 1. The summed E-state index contributed by atoms with van der Waals surface area (Å²) in [7, 11) is 4.05. The summed E-state index contributed by atoms with van der Waals surface area (Å²) >= 11 is 0. The summed E-state index contributed by atoms with van der Waals surface area (Å²) in [6.07, 6.45) is 7.63. The Kier molecular flexibility index (Phi) is 5.98. The fourth-order valence-corrected chi connectivity index (χ4v) is 4.28. The van der Waals surface area contributed by atoms with Gasteiger partial charge in [0.05, 0.1) is 24.3 Å². The third kappa shape index (κ3) is 4.99. The average Bonchev–Trinajstić information content (AvgIpc) is 3.26. The molecule has 5 rings (SSSR count). The zero-order valence-electron chi connectivity index (χ0n) is 19.1. The lowest BCUT2D eigenvalue weighted by atomic mass is 10.0. The molecule has 0 spiro atoms. The Labute approximate surface area is 193 Å². The summed E-state index contributed by atoms with van der Waals surface area (Å²) < 4.78 is 1.77. The van der Waals surface area contributed by atoms with E-state index in [2.05, 4.69) is 44.0 Å². The maximum absolute atomic E-state index is 13.0. The van der Waals surface area contributed by atoms with Gasteiger partial charge < -0.3 is 4.90 Å². The van der Waals surface area contributed by atoms with Crippen LogP contribution in [0.1, 0.15) is 21.6 Å². The molecule has 0 atom stereocenters. The van der Waals surface area contributed by atoms with Crippen LogP contribution in [0.3, 0.4) is 0 Å². The highest BCUT2D eigenvalue weighted by Gasteiger charge is 2.15. The van der Waals surface area contributed by atoms with E-state index in [1.165, 1.54) is 5.56 Å². The number of rotatable bonds is 6. The van der Waals surface area contributed by atoms with E-state index in [4.69, 9.17) is 0 Å². The van der Waals surface area contributed by atoms with Crippen molar-refractivity contribution in [2.75, 3.05) is 33.2 Å². The topological polar surface area (TPSA) is 67.2 Å². The van der Waals surface area contributed by atoms with Crippen molar-refractivity contribution in [3.63, 3.8) is 0 Å². The summed E-state index contributed by atoms with van der Waals surface area (Å²) in [5.74, 6) is 0.0819. The van der Waals surface area contributed by atoms with E-state index >= 15 is 0 Å². The highest BCUT2D eigenvalue weighted by atomic mass is 16.1. The number of Topliss-reactive ketones (excluding diaryl/α,β-unsaturated/α-hetero) is 1. The van der Waals surface area contributed by atoms with Crippen LogP contribution >= 0.6 is 0 Å². The summed E-state index contributed by atoms with van der Waals surface area (Å²) in [5.41, 5.74) is 5.50. The Balaban J connectivity index is 1.31. The van der Waals surface area contributed by atoms with Crippen molar-refractivity contribution in [2.45, 2.75) is 13.0 Å². The predicted octanol–water partition coefficient (Wildman–Crippen LogP) is 3.20. The number of fused-ring (bicyclic) bond motifs is 1. The number of carbonyl (C=O) groups is 1. The number of pyridine rings is 2. The maximum Gasteiger partial charge on any atom is 0.168 e. The fraction of sp³-hybridized carbons (Fsp3) is 0.308. The lowest BCUT2D eigenvalue weighted by molar-refractivity contribution is 0.0991. The van der Waals surface area contributed by atoms with Crippen molar-refractivity contribution in [1.82, 2.24) is 29.5 Å². The molecule has 168 valence electrons. The molecule has 1 aliphatic rings. The third-order valence-electron chi connectivity index (χ3n) is 6.26. The molecular weight excluding hydrogens is 412 g/mol. The van der Waals surface area contributed by atoms with Crippen LogP contribution in [-0.4, -0.2) is 68.6 Å². The Morgan fingerprint density at radius 1 is 0.939 bits per heavy atom. The number of piperazine rings is 1. The van der Waals surface area contributed by atoms with Crippen LogP contribution in [0.5, 0.6) is 0 Å². The van der Waals surface area contributed by atoms with E-state index in [1.807, 2.05) is 49.9 Å². The van der Waals surface area contributed by atoms with Crippen molar-refractivity contribution in [3.05, 3.63) is 78.0 Å². The molecule has 0 amide bonds. The standard InChI is InChI=1S/C26H28N6O/c1-30-6-8-32(9-7-30)17-19-4-3-5-20(10-19)26(33)13-24-12-21-11-22(14-28-25(21)16-27-24)23-15-29-31(2)18-23/h3-5,10-12,14-16,18H,6-9,13,17H2,1-2H3. The maximum atomic E-state index is 13.0. The number of likely N-dealkylation sites (N-methyl/N-ethyl adjacent to an activating group) is 1. The molecular formula is C26H28N6O. The van der Waals surface area contributed by atoms with Gasteiger partial charge in [-0.3, -0.25) is 24.3 Å². The fourth-order valence-electron chi connectivity index (χ4n) is 4.28. The van der Waals surface area contributed by atoms with Crippen LogP contribution in [-0.2, 0) is 20.0 Å². The SMILES string of the molecule is CN1CCN(Cc2cccc(C(=O)Cc3cc4cc(-c5cnn(C)c5)cnc4cn3)c2)CC1. The van der Waals surface area contributed by atoms with Gasteiger partial charge in [-0.1, -0.05) is 18.2 Å². The molecule has 4 heterocycles. The molecule has 1 fully saturated rings. The highest BCUT2D eigenvalue weighted by molar-refractivity contribution is 5.98. The largest absolute Gasteiger partial charge is 0.304 e. The van der Waals surface area contributed by atoms with Crippen LogP contribution in [0, 0.1) is 0 Å². The Hall–Kier alpha value is -3.42. The number of aryl methyl sites for hydroxylation is 1. The minimum Gasteiger partial charge on any atom is -0.304 e. The minimum absolute atomic E-state index is 0.0819. The van der Waals surface area contributed by atoms with E-state index < -0.39 is 0 Å². The lowest BCUT2D eigenvalue weighted by Gasteiger charge is -2.32. The van der Waals surface area contributed by atoms with E-state index in [0.717, 1.165) is 66.0 Å². The third-order valence-corrected chi connectivity index (χ3v) is 6.26. The minimum atomic E-state index is 0.0819. The van der Waals surface area contributed by atoms with Gasteiger partial charge in [-0.05, 0) is 30.8 Å². The van der Waals surface area contributed by atoms with Crippen LogP contribution in [0.25, 0.3) is 22.0 Å². The van der Waals surface area contributed by atoms with Crippen molar-refractivity contribution in [1.29, 1.82) is 0 Å². The van der Waals surface area contributed by atoms with Gasteiger partial charge in [-0.25, -0.2) is 0 Å². The molecule has 0 N–H and O–H groups in total. The molecule has 0 bridgehead atoms. The van der Waals surface area contributed by atoms with Crippen LogP contribution < -0.4 is 0 Å². The number of hydrogen-bond donors (Lipinski definition) is 0. The Morgan fingerprint density at radius 3 is 2.58 bits per heavy atom.